The monoisotopic (exact) mass is 436 g/mol. The second-order valence-corrected chi connectivity index (χ2v) is 8.39. The highest BCUT2D eigenvalue weighted by atomic mass is 16.5. The number of nitrogens with one attached hydrogen (secondary N) is 1. The van der Waals surface area contributed by atoms with Crippen molar-refractivity contribution in [2.75, 3.05) is 25.0 Å². The number of amides is 2. The van der Waals surface area contributed by atoms with Crippen LogP contribution in [0.15, 0.2) is 42.5 Å². The smallest absolute Gasteiger partial charge is 0.339 e. The molecule has 2 aliphatic rings. The van der Waals surface area contributed by atoms with Gasteiger partial charge in [-0.1, -0.05) is 30.3 Å². The summed E-state index contributed by atoms with van der Waals surface area (Å²) >= 11 is 0. The second kappa shape index (κ2) is 9.53. The van der Waals surface area contributed by atoms with Crippen LogP contribution in [-0.4, -0.2) is 48.5 Å². The van der Waals surface area contributed by atoms with E-state index in [1.165, 1.54) is 4.90 Å². The minimum absolute atomic E-state index is 0.00771. The van der Waals surface area contributed by atoms with Crippen molar-refractivity contribution in [3.63, 3.8) is 0 Å². The number of nitrogens with zero attached hydrogens (tertiary/aromatic N) is 1. The number of cyclic esters (lactones) is 1. The van der Waals surface area contributed by atoms with E-state index in [4.69, 9.17) is 9.47 Å². The lowest BCUT2D eigenvalue weighted by atomic mass is 10.0. The number of benzene rings is 2. The molecule has 2 heterocycles. The molecule has 0 spiro atoms. The van der Waals surface area contributed by atoms with Gasteiger partial charge in [0.1, 0.15) is 6.10 Å². The van der Waals surface area contributed by atoms with Gasteiger partial charge in [-0.05, 0) is 49.9 Å². The lowest BCUT2D eigenvalue weighted by molar-refractivity contribution is -0.138. The number of fused-ring (bicyclic) bond motifs is 1. The van der Waals surface area contributed by atoms with Crippen molar-refractivity contribution in [2.24, 2.45) is 0 Å². The number of carbonyl (C=O) groups excluding carboxylic acids is 3. The molecule has 1 N–H and O–H groups in total. The van der Waals surface area contributed by atoms with Crippen molar-refractivity contribution in [1.29, 1.82) is 0 Å². The molecule has 0 aliphatic carbocycles. The summed E-state index contributed by atoms with van der Waals surface area (Å²) in [6.45, 7) is 4.84. The summed E-state index contributed by atoms with van der Waals surface area (Å²) in [7, 11) is 0. The van der Waals surface area contributed by atoms with Crippen LogP contribution in [0.4, 0.5) is 5.69 Å². The molecule has 2 atom stereocenters. The fraction of sp³-hybridized carbons (Fsp3) is 0.400. The van der Waals surface area contributed by atoms with Crippen molar-refractivity contribution in [3.8, 4) is 0 Å². The van der Waals surface area contributed by atoms with Gasteiger partial charge >= 0.3 is 5.97 Å². The molecule has 7 nitrogen and oxygen atoms in total. The quantitative estimate of drug-likeness (QED) is 0.671. The van der Waals surface area contributed by atoms with Gasteiger partial charge in [-0.2, -0.15) is 0 Å². The highest BCUT2D eigenvalue weighted by Gasteiger charge is 2.34. The maximum Gasteiger partial charge on any atom is 0.339 e. The zero-order chi connectivity index (χ0) is 22.7. The molecule has 168 valence electrons. The Morgan fingerprint density at radius 2 is 1.94 bits per heavy atom. The van der Waals surface area contributed by atoms with Crippen molar-refractivity contribution in [2.45, 2.75) is 45.3 Å². The van der Waals surface area contributed by atoms with Crippen LogP contribution in [0.2, 0.25) is 0 Å². The predicted octanol–water partition coefficient (Wildman–Crippen LogP) is 3.55. The molecule has 2 aromatic rings. The van der Waals surface area contributed by atoms with Gasteiger partial charge in [0, 0.05) is 24.4 Å². The molecule has 2 aromatic carbocycles. The van der Waals surface area contributed by atoms with E-state index < -0.39 is 12.1 Å². The number of esters is 1. The van der Waals surface area contributed by atoms with Gasteiger partial charge in [0.15, 0.2) is 0 Å². The number of aryl methyl sites for hydroxylation is 1. The summed E-state index contributed by atoms with van der Waals surface area (Å²) in [5.74, 6) is -0.934. The van der Waals surface area contributed by atoms with Crippen LogP contribution in [0.5, 0.6) is 0 Å². The summed E-state index contributed by atoms with van der Waals surface area (Å²) in [6.07, 6.45) is 1.05. The largest absolute Gasteiger partial charge is 0.453 e. The summed E-state index contributed by atoms with van der Waals surface area (Å²) < 4.78 is 11.1. The van der Waals surface area contributed by atoms with E-state index in [9.17, 15) is 14.4 Å². The average molecular weight is 437 g/mol. The Hall–Kier alpha value is -3.19. The number of rotatable bonds is 7. The molecule has 7 heteroatoms. The number of hydrogen-bond acceptors (Lipinski definition) is 5. The zero-order valence-electron chi connectivity index (χ0n) is 18.4. The Morgan fingerprint density at radius 3 is 2.72 bits per heavy atom. The maximum absolute atomic E-state index is 13.2. The third-order valence-corrected chi connectivity index (χ3v) is 6.15. The van der Waals surface area contributed by atoms with Gasteiger partial charge in [-0.25, -0.2) is 4.79 Å². The van der Waals surface area contributed by atoms with E-state index in [1.54, 1.807) is 18.2 Å². The molecule has 2 aliphatic heterocycles. The summed E-state index contributed by atoms with van der Waals surface area (Å²) in [5, 5.41) is 2.92. The van der Waals surface area contributed by atoms with Gasteiger partial charge in [0.25, 0.3) is 0 Å². The third kappa shape index (κ3) is 4.83. The fourth-order valence-corrected chi connectivity index (χ4v) is 4.20. The lowest BCUT2D eigenvalue weighted by Gasteiger charge is -2.26. The molecule has 32 heavy (non-hydrogen) atoms. The molecule has 0 bridgehead atoms. The van der Waals surface area contributed by atoms with Gasteiger partial charge in [0.05, 0.1) is 24.6 Å². The van der Waals surface area contributed by atoms with E-state index >= 15 is 0 Å². The molecule has 1 saturated heterocycles. The second-order valence-electron chi connectivity index (χ2n) is 8.39. The van der Waals surface area contributed by atoms with E-state index in [0.717, 1.165) is 29.7 Å². The van der Waals surface area contributed by atoms with Crippen molar-refractivity contribution in [3.05, 3.63) is 64.7 Å². The molecular formula is C25H28N2O5. The molecule has 0 radical (unpaired) electrons. The minimum Gasteiger partial charge on any atom is -0.453 e. The summed E-state index contributed by atoms with van der Waals surface area (Å²) in [4.78, 5) is 39.7. The highest BCUT2D eigenvalue weighted by molar-refractivity contribution is 5.96. The van der Waals surface area contributed by atoms with Crippen LogP contribution in [0.3, 0.4) is 0 Å². The summed E-state index contributed by atoms with van der Waals surface area (Å²) in [5.41, 5.74) is 4.01. The minimum atomic E-state index is -0.639. The average Bonchev–Trinajstić information content (AvgIpc) is 3.39. The first-order valence-electron chi connectivity index (χ1n) is 11.0. The van der Waals surface area contributed by atoms with E-state index in [-0.39, 0.29) is 30.9 Å². The van der Waals surface area contributed by atoms with Gasteiger partial charge in [-0.3, -0.25) is 9.59 Å². The SMILES string of the molecule is Cc1cccc(NC(=O)CN(C[C@H]2CCCO2)C(=O)C[C@@H]2OC(=O)c3ccccc32)c1C. The standard InChI is InChI=1S/C25H28N2O5/c1-16-7-5-11-21(17(16)2)26-23(28)15-27(14-18-8-6-12-31-18)24(29)13-22-19-9-3-4-10-20(19)25(30)32-22/h3-5,7,9-11,18,22H,6,8,12-15H2,1-2H3,(H,26,28)/t18-,22+/m1/s1. The predicted molar refractivity (Wildman–Crippen MR) is 119 cm³/mol. The number of anilines is 1. The van der Waals surface area contributed by atoms with Crippen LogP contribution >= 0.6 is 0 Å². The Kier molecular flexibility index (Phi) is 6.55. The third-order valence-electron chi connectivity index (χ3n) is 6.15. The van der Waals surface area contributed by atoms with Gasteiger partial charge < -0.3 is 19.7 Å². The first-order chi connectivity index (χ1) is 15.4. The van der Waals surface area contributed by atoms with E-state index in [2.05, 4.69) is 5.32 Å². The van der Waals surface area contributed by atoms with Crippen LogP contribution in [0, 0.1) is 13.8 Å². The Labute approximate surface area is 187 Å². The molecule has 0 aromatic heterocycles. The van der Waals surface area contributed by atoms with E-state index in [0.29, 0.717) is 24.3 Å². The number of hydrogen-bond donors (Lipinski definition) is 1. The number of carbonyl (C=O) groups is 3. The number of ether oxygens (including phenoxy) is 2. The van der Waals surface area contributed by atoms with Crippen molar-refractivity contribution >= 4 is 23.5 Å². The Balaban J connectivity index is 1.46. The normalized spacial score (nSPS) is 19.4. The zero-order valence-corrected chi connectivity index (χ0v) is 18.4. The fourth-order valence-electron chi connectivity index (χ4n) is 4.20. The Morgan fingerprint density at radius 1 is 1.12 bits per heavy atom. The molecule has 0 unspecified atom stereocenters. The van der Waals surface area contributed by atoms with Crippen LogP contribution in [-0.2, 0) is 19.1 Å². The van der Waals surface area contributed by atoms with E-state index in [1.807, 2.05) is 38.1 Å². The van der Waals surface area contributed by atoms with Crippen LogP contribution in [0.1, 0.15) is 52.4 Å². The topological polar surface area (TPSA) is 84.9 Å². The van der Waals surface area contributed by atoms with Crippen molar-refractivity contribution in [1.82, 2.24) is 4.90 Å². The molecule has 2 amide bonds. The Bertz CT molecular complexity index is 1030. The highest BCUT2D eigenvalue weighted by Crippen LogP contribution is 2.33. The summed E-state index contributed by atoms with van der Waals surface area (Å²) in [6, 6.07) is 12.8. The van der Waals surface area contributed by atoms with Crippen LogP contribution < -0.4 is 5.32 Å². The molecule has 4 rings (SSSR count). The van der Waals surface area contributed by atoms with Crippen molar-refractivity contribution < 1.29 is 23.9 Å². The maximum atomic E-state index is 13.2. The first-order valence-corrected chi connectivity index (χ1v) is 11.0. The van der Waals surface area contributed by atoms with Gasteiger partial charge in [0.2, 0.25) is 11.8 Å². The lowest BCUT2D eigenvalue weighted by Crippen LogP contribution is -2.42. The molecular weight excluding hydrogens is 408 g/mol. The molecule has 1 fully saturated rings. The molecule has 0 saturated carbocycles. The van der Waals surface area contributed by atoms with Gasteiger partial charge in [-0.15, -0.1) is 0 Å². The first kappa shape index (κ1) is 22.0. The van der Waals surface area contributed by atoms with Crippen LogP contribution in [0.25, 0.3) is 0 Å².